The van der Waals surface area contributed by atoms with Crippen molar-refractivity contribution in [3.63, 3.8) is 0 Å². The van der Waals surface area contributed by atoms with Gasteiger partial charge in [-0.1, -0.05) is 18.2 Å². The average molecular weight is 213 g/mol. The van der Waals surface area contributed by atoms with Gasteiger partial charge in [-0.15, -0.1) is 0 Å². The topological polar surface area (TPSA) is 50.2 Å². The Kier molecular flexibility index (Phi) is 2.68. The Morgan fingerprint density at radius 2 is 2.19 bits per heavy atom. The summed E-state index contributed by atoms with van der Waals surface area (Å²) < 4.78 is 0. The molecule has 0 amide bonds. The quantitative estimate of drug-likeness (QED) is 0.780. The second-order valence-corrected chi connectivity index (χ2v) is 3.58. The van der Waals surface area contributed by atoms with Crippen LogP contribution < -0.4 is 0 Å². The SMILES string of the molecule is C/C(=C\c1cccc2cnccc12)C(=O)O. The number of nitrogens with zero attached hydrogens (tertiary/aromatic N) is 1. The first-order chi connectivity index (χ1) is 7.68. The third kappa shape index (κ3) is 1.93. The van der Waals surface area contributed by atoms with Gasteiger partial charge in [0.25, 0.3) is 0 Å². The summed E-state index contributed by atoms with van der Waals surface area (Å²) in [6, 6.07) is 7.63. The lowest BCUT2D eigenvalue weighted by molar-refractivity contribution is -0.132. The normalized spacial score (nSPS) is 11.7. The Balaban J connectivity index is 2.61. The molecule has 0 spiro atoms. The predicted molar refractivity (Wildman–Crippen MR) is 63.0 cm³/mol. The number of carbonyl (C=O) groups is 1. The number of hydrogen-bond acceptors (Lipinski definition) is 2. The van der Waals surface area contributed by atoms with Crippen LogP contribution in [-0.2, 0) is 4.79 Å². The third-order valence-corrected chi connectivity index (χ3v) is 2.42. The number of pyridine rings is 1. The van der Waals surface area contributed by atoms with Crippen molar-refractivity contribution in [3.8, 4) is 0 Å². The first kappa shape index (κ1) is 10.4. The molecule has 0 bridgehead atoms. The van der Waals surface area contributed by atoms with Gasteiger partial charge in [-0.05, 0) is 30.0 Å². The molecule has 0 unspecified atom stereocenters. The van der Waals surface area contributed by atoms with Gasteiger partial charge in [-0.2, -0.15) is 0 Å². The van der Waals surface area contributed by atoms with Crippen LogP contribution in [0.1, 0.15) is 12.5 Å². The fourth-order valence-corrected chi connectivity index (χ4v) is 1.57. The van der Waals surface area contributed by atoms with E-state index in [4.69, 9.17) is 5.11 Å². The highest BCUT2D eigenvalue weighted by molar-refractivity contribution is 5.96. The predicted octanol–water partition coefficient (Wildman–Crippen LogP) is 2.72. The fourth-order valence-electron chi connectivity index (χ4n) is 1.57. The molecule has 0 aliphatic carbocycles. The molecule has 80 valence electrons. The Hall–Kier alpha value is -2.16. The number of fused-ring (bicyclic) bond motifs is 1. The minimum absolute atomic E-state index is 0.323. The van der Waals surface area contributed by atoms with Crippen LogP contribution in [0.15, 0.2) is 42.2 Å². The van der Waals surface area contributed by atoms with Gasteiger partial charge >= 0.3 is 5.97 Å². The standard InChI is InChI=1S/C13H11NO2/c1-9(13(15)16)7-10-3-2-4-11-8-14-6-5-12(10)11/h2-8H,1H3,(H,15,16)/b9-7+. The lowest BCUT2D eigenvalue weighted by Gasteiger charge is -2.02. The molecule has 1 N–H and O–H groups in total. The van der Waals surface area contributed by atoms with Crippen molar-refractivity contribution >= 4 is 22.8 Å². The molecule has 0 fully saturated rings. The van der Waals surface area contributed by atoms with Crippen LogP contribution >= 0.6 is 0 Å². The van der Waals surface area contributed by atoms with Gasteiger partial charge in [0.2, 0.25) is 0 Å². The summed E-state index contributed by atoms with van der Waals surface area (Å²) in [5, 5.41) is 10.9. The van der Waals surface area contributed by atoms with Gasteiger partial charge in [0.05, 0.1) is 0 Å². The first-order valence-electron chi connectivity index (χ1n) is 4.93. The van der Waals surface area contributed by atoms with Crippen molar-refractivity contribution < 1.29 is 9.90 Å². The average Bonchev–Trinajstić information content (AvgIpc) is 2.29. The zero-order valence-corrected chi connectivity index (χ0v) is 8.84. The summed E-state index contributed by atoms with van der Waals surface area (Å²) in [6.45, 7) is 1.59. The molecule has 0 saturated carbocycles. The van der Waals surface area contributed by atoms with Gasteiger partial charge < -0.3 is 5.11 Å². The van der Waals surface area contributed by atoms with Gasteiger partial charge in [0.15, 0.2) is 0 Å². The molecule has 0 aliphatic heterocycles. The summed E-state index contributed by atoms with van der Waals surface area (Å²) in [5.74, 6) is -0.897. The van der Waals surface area contributed by atoms with E-state index in [-0.39, 0.29) is 0 Å². The summed E-state index contributed by atoms with van der Waals surface area (Å²) in [4.78, 5) is 14.8. The maximum absolute atomic E-state index is 10.8. The van der Waals surface area contributed by atoms with E-state index in [1.54, 1.807) is 25.4 Å². The molecule has 1 aromatic heterocycles. The number of aliphatic carboxylic acids is 1. The summed E-state index contributed by atoms with van der Waals surface area (Å²) in [6.07, 6.45) is 5.14. The highest BCUT2D eigenvalue weighted by atomic mass is 16.4. The number of rotatable bonds is 2. The molecule has 0 atom stereocenters. The molecule has 2 aromatic rings. The number of hydrogen-bond donors (Lipinski definition) is 1. The fraction of sp³-hybridized carbons (Fsp3) is 0.0769. The highest BCUT2D eigenvalue weighted by Gasteiger charge is 2.02. The van der Waals surface area contributed by atoms with E-state index in [2.05, 4.69) is 4.98 Å². The molecular formula is C13H11NO2. The molecule has 2 rings (SSSR count). The highest BCUT2D eigenvalue weighted by Crippen LogP contribution is 2.19. The minimum atomic E-state index is -0.897. The van der Waals surface area contributed by atoms with E-state index in [0.717, 1.165) is 16.3 Å². The number of carboxylic acid groups (broad SMARTS) is 1. The molecule has 0 saturated heterocycles. The Morgan fingerprint density at radius 3 is 2.94 bits per heavy atom. The maximum atomic E-state index is 10.8. The van der Waals surface area contributed by atoms with Crippen LogP contribution in [0.2, 0.25) is 0 Å². The first-order valence-corrected chi connectivity index (χ1v) is 4.93. The number of carboxylic acids is 1. The Labute approximate surface area is 93.1 Å². The second-order valence-electron chi connectivity index (χ2n) is 3.58. The molecule has 3 heteroatoms. The third-order valence-electron chi connectivity index (χ3n) is 2.42. The second kappa shape index (κ2) is 4.14. The van der Waals surface area contributed by atoms with Crippen molar-refractivity contribution in [2.24, 2.45) is 0 Å². The van der Waals surface area contributed by atoms with E-state index >= 15 is 0 Å². The summed E-state index contributed by atoms with van der Waals surface area (Å²) in [7, 11) is 0. The van der Waals surface area contributed by atoms with Crippen molar-refractivity contribution in [2.75, 3.05) is 0 Å². The zero-order valence-electron chi connectivity index (χ0n) is 8.84. The molecule has 0 aliphatic rings. The van der Waals surface area contributed by atoms with E-state index in [9.17, 15) is 4.79 Å². The lowest BCUT2D eigenvalue weighted by atomic mass is 10.0. The molecular weight excluding hydrogens is 202 g/mol. The Bertz CT molecular complexity index is 568. The van der Waals surface area contributed by atoms with Crippen LogP contribution in [0.3, 0.4) is 0 Å². The van der Waals surface area contributed by atoms with Gasteiger partial charge in [-0.3, -0.25) is 4.98 Å². The van der Waals surface area contributed by atoms with Crippen LogP contribution in [0, 0.1) is 0 Å². The molecule has 3 nitrogen and oxygen atoms in total. The van der Waals surface area contributed by atoms with Gasteiger partial charge in [0, 0.05) is 23.4 Å². The number of aromatic nitrogens is 1. The molecule has 16 heavy (non-hydrogen) atoms. The van der Waals surface area contributed by atoms with Crippen LogP contribution in [0.4, 0.5) is 0 Å². The largest absolute Gasteiger partial charge is 0.478 e. The molecule has 1 heterocycles. The van der Waals surface area contributed by atoms with Crippen molar-refractivity contribution in [1.29, 1.82) is 0 Å². The van der Waals surface area contributed by atoms with Crippen molar-refractivity contribution in [1.82, 2.24) is 4.98 Å². The maximum Gasteiger partial charge on any atom is 0.331 e. The summed E-state index contributed by atoms with van der Waals surface area (Å²) >= 11 is 0. The van der Waals surface area contributed by atoms with Gasteiger partial charge in [0.1, 0.15) is 0 Å². The van der Waals surface area contributed by atoms with Crippen LogP contribution in [0.5, 0.6) is 0 Å². The van der Waals surface area contributed by atoms with Crippen LogP contribution in [0.25, 0.3) is 16.8 Å². The number of benzene rings is 1. The smallest absolute Gasteiger partial charge is 0.331 e. The molecule has 0 radical (unpaired) electrons. The van der Waals surface area contributed by atoms with E-state index in [0.29, 0.717) is 5.57 Å². The van der Waals surface area contributed by atoms with Crippen molar-refractivity contribution in [2.45, 2.75) is 6.92 Å². The monoisotopic (exact) mass is 213 g/mol. The minimum Gasteiger partial charge on any atom is -0.478 e. The van der Waals surface area contributed by atoms with Crippen molar-refractivity contribution in [3.05, 3.63) is 47.8 Å². The Morgan fingerprint density at radius 1 is 1.38 bits per heavy atom. The molecule has 1 aromatic carbocycles. The van der Waals surface area contributed by atoms with E-state index in [1.807, 2.05) is 24.3 Å². The zero-order chi connectivity index (χ0) is 11.5. The lowest BCUT2D eigenvalue weighted by Crippen LogP contribution is -1.95. The van der Waals surface area contributed by atoms with E-state index < -0.39 is 5.97 Å². The van der Waals surface area contributed by atoms with Crippen LogP contribution in [-0.4, -0.2) is 16.1 Å². The van der Waals surface area contributed by atoms with E-state index in [1.165, 1.54) is 0 Å². The summed E-state index contributed by atoms with van der Waals surface area (Å²) in [5.41, 5.74) is 1.23. The van der Waals surface area contributed by atoms with Gasteiger partial charge in [-0.25, -0.2) is 4.79 Å².